The molecule has 0 radical (unpaired) electrons. The van der Waals surface area contributed by atoms with E-state index in [1.165, 1.54) is 0 Å². The molecule has 0 bridgehead atoms. The highest BCUT2D eigenvalue weighted by atomic mass is 16.4. The van der Waals surface area contributed by atoms with Crippen LogP contribution >= 0.6 is 0 Å². The molecule has 2 N–H and O–H groups in total. The van der Waals surface area contributed by atoms with Gasteiger partial charge in [-0.1, -0.05) is 25.5 Å². The van der Waals surface area contributed by atoms with Crippen molar-refractivity contribution in [3.05, 3.63) is 29.3 Å². The fourth-order valence-electron chi connectivity index (χ4n) is 2.24. The molecule has 0 aliphatic heterocycles. The molecule has 0 aromatic heterocycles. The van der Waals surface area contributed by atoms with E-state index in [9.17, 15) is 9.90 Å². The first-order chi connectivity index (χ1) is 8.71. The van der Waals surface area contributed by atoms with E-state index in [0.717, 1.165) is 18.7 Å². The first-order valence-corrected chi connectivity index (χ1v) is 6.44. The fraction of sp³-hybridized carbons (Fsp3) is 0.533. The maximum absolute atomic E-state index is 11.2. The minimum Gasteiger partial charge on any atom is -0.478 e. The summed E-state index contributed by atoms with van der Waals surface area (Å²) in [5, 5.41) is 12.5. The molecule has 0 aliphatic carbocycles. The molecule has 4 heteroatoms. The Kier molecular flexibility index (Phi) is 4.95. The molecule has 0 atom stereocenters. The Balaban J connectivity index is 2.80. The molecule has 1 aromatic rings. The van der Waals surface area contributed by atoms with Gasteiger partial charge in [0.05, 0.1) is 5.56 Å². The lowest BCUT2D eigenvalue weighted by molar-refractivity contribution is 0.0697. The predicted molar refractivity (Wildman–Crippen MR) is 79.0 cm³/mol. The van der Waals surface area contributed by atoms with Crippen LogP contribution < -0.4 is 5.32 Å². The normalized spacial score (nSPS) is 11.7. The maximum atomic E-state index is 11.2. The molecular formula is C15H24N2O2. The fourth-order valence-corrected chi connectivity index (χ4v) is 2.24. The zero-order valence-corrected chi connectivity index (χ0v) is 12.4. The van der Waals surface area contributed by atoms with E-state index >= 15 is 0 Å². The zero-order valence-electron chi connectivity index (χ0n) is 12.4. The topological polar surface area (TPSA) is 52.6 Å². The number of anilines is 1. The number of aromatic carboxylic acids is 1. The minimum atomic E-state index is -0.892. The second-order valence-corrected chi connectivity index (χ2v) is 6.11. The first-order valence-electron chi connectivity index (χ1n) is 6.44. The van der Waals surface area contributed by atoms with Crippen LogP contribution in [-0.2, 0) is 0 Å². The molecule has 19 heavy (non-hydrogen) atoms. The Morgan fingerprint density at radius 2 is 2.00 bits per heavy atom. The molecule has 0 heterocycles. The van der Waals surface area contributed by atoms with Crippen LogP contribution in [0.2, 0.25) is 0 Å². The number of rotatable bonds is 6. The van der Waals surface area contributed by atoms with Gasteiger partial charge in [-0.3, -0.25) is 0 Å². The second kappa shape index (κ2) is 6.06. The van der Waals surface area contributed by atoms with Crippen molar-refractivity contribution in [2.45, 2.75) is 20.8 Å². The highest BCUT2D eigenvalue weighted by Crippen LogP contribution is 2.21. The van der Waals surface area contributed by atoms with Crippen molar-refractivity contribution < 1.29 is 9.90 Å². The standard InChI is InChI=1S/C15H24N2O2/c1-11-6-7-13(12(8-11)14(18)19)16-9-15(2,3)10-17(4)5/h6-8,16H,9-10H2,1-5H3,(H,18,19). The van der Waals surface area contributed by atoms with Gasteiger partial charge in [-0.2, -0.15) is 0 Å². The van der Waals surface area contributed by atoms with Crippen molar-refractivity contribution in [1.82, 2.24) is 4.90 Å². The zero-order chi connectivity index (χ0) is 14.6. The predicted octanol–water partition coefficient (Wildman–Crippen LogP) is 2.69. The van der Waals surface area contributed by atoms with E-state index in [2.05, 4.69) is 24.1 Å². The third-order valence-corrected chi connectivity index (χ3v) is 2.91. The molecule has 0 fully saturated rings. The van der Waals surface area contributed by atoms with Crippen LogP contribution in [0.4, 0.5) is 5.69 Å². The SMILES string of the molecule is Cc1ccc(NCC(C)(C)CN(C)C)c(C(=O)O)c1. The molecule has 0 spiro atoms. The number of benzene rings is 1. The van der Waals surface area contributed by atoms with Gasteiger partial charge in [0.2, 0.25) is 0 Å². The molecule has 0 unspecified atom stereocenters. The third-order valence-electron chi connectivity index (χ3n) is 2.91. The Bertz CT molecular complexity index is 453. The van der Waals surface area contributed by atoms with Gasteiger partial charge >= 0.3 is 5.97 Å². The van der Waals surface area contributed by atoms with Crippen LogP contribution in [0.15, 0.2) is 18.2 Å². The van der Waals surface area contributed by atoms with Crippen molar-refractivity contribution in [2.75, 3.05) is 32.5 Å². The summed E-state index contributed by atoms with van der Waals surface area (Å²) in [6.07, 6.45) is 0. The molecule has 0 saturated carbocycles. The lowest BCUT2D eigenvalue weighted by Gasteiger charge is -2.29. The lowest BCUT2D eigenvalue weighted by Crippen LogP contribution is -2.34. The minimum absolute atomic E-state index is 0.0736. The number of nitrogens with zero attached hydrogens (tertiary/aromatic N) is 1. The van der Waals surface area contributed by atoms with Gasteiger partial charge < -0.3 is 15.3 Å². The molecule has 1 rings (SSSR count). The average molecular weight is 264 g/mol. The van der Waals surface area contributed by atoms with Gasteiger partial charge in [0.1, 0.15) is 0 Å². The second-order valence-electron chi connectivity index (χ2n) is 6.11. The van der Waals surface area contributed by atoms with E-state index in [-0.39, 0.29) is 5.41 Å². The summed E-state index contributed by atoms with van der Waals surface area (Å²) in [5.41, 5.74) is 2.05. The van der Waals surface area contributed by atoms with Crippen LogP contribution in [0.5, 0.6) is 0 Å². The van der Waals surface area contributed by atoms with Gasteiger partial charge in [-0.15, -0.1) is 0 Å². The smallest absolute Gasteiger partial charge is 0.337 e. The number of aryl methyl sites for hydroxylation is 1. The van der Waals surface area contributed by atoms with Crippen LogP contribution in [0, 0.1) is 12.3 Å². The largest absolute Gasteiger partial charge is 0.478 e. The van der Waals surface area contributed by atoms with Crippen LogP contribution in [-0.4, -0.2) is 43.2 Å². The van der Waals surface area contributed by atoms with E-state index in [1.54, 1.807) is 6.07 Å². The number of carboxylic acid groups (broad SMARTS) is 1. The lowest BCUT2D eigenvalue weighted by atomic mass is 9.92. The molecule has 0 aliphatic rings. The van der Waals surface area contributed by atoms with Crippen molar-refractivity contribution in [1.29, 1.82) is 0 Å². The number of hydrogen-bond acceptors (Lipinski definition) is 3. The molecular weight excluding hydrogens is 240 g/mol. The molecule has 0 saturated heterocycles. The third kappa shape index (κ3) is 4.91. The number of nitrogens with one attached hydrogen (secondary N) is 1. The van der Waals surface area contributed by atoms with Crippen molar-refractivity contribution in [3.63, 3.8) is 0 Å². The Morgan fingerprint density at radius 1 is 1.37 bits per heavy atom. The van der Waals surface area contributed by atoms with E-state index < -0.39 is 5.97 Å². The summed E-state index contributed by atoms with van der Waals surface area (Å²) in [7, 11) is 4.08. The number of hydrogen-bond donors (Lipinski definition) is 2. The van der Waals surface area contributed by atoms with Gasteiger partial charge in [0.25, 0.3) is 0 Å². The Morgan fingerprint density at radius 3 is 2.53 bits per heavy atom. The monoisotopic (exact) mass is 264 g/mol. The van der Waals surface area contributed by atoms with E-state index in [0.29, 0.717) is 11.3 Å². The summed E-state index contributed by atoms with van der Waals surface area (Å²) in [5.74, 6) is -0.892. The number of carbonyl (C=O) groups is 1. The molecule has 4 nitrogen and oxygen atoms in total. The maximum Gasteiger partial charge on any atom is 0.337 e. The molecule has 1 aromatic carbocycles. The van der Waals surface area contributed by atoms with Gasteiger partial charge in [-0.25, -0.2) is 4.79 Å². The van der Waals surface area contributed by atoms with Crippen molar-refractivity contribution >= 4 is 11.7 Å². The molecule has 0 amide bonds. The Hall–Kier alpha value is -1.55. The highest BCUT2D eigenvalue weighted by molar-refractivity contribution is 5.94. The molecule has 106 valence electrons. The summed E-state index contributed by atoms with van der Waals surface area (Å²) < 4.78 is 0. The quantitative estimate of drug-likeness (QED) is 0.829. The highest BCUT2D eigenvalue weighted by Gasteiger charge is 2.20. The summed E-state index contributed by atoms with van der Waals surface area (Å²) in [6.45, 7) is 7.89. The first kappa shape index (κ1) is 15.5. The van der Waals surface area contributed by atoms with Gasteiger partial charge in [0, 0.05) is 18.8 Å². The summed E-state index contributed by atoms with van der Waals surface area (Å²) >= 11 is 0. The summed E-state index contributed by atoms with van der Waals surface area (Å²) in [6, 6.07) is 5.46. The van der Waals surface area contributed by atoms with Crippen LogP contribution in [0.1, 0.15) is 29.8 Å². The summed E-state index contributed by atoms with van der Waals surface area (Å²) in [4.78, 5) is 13.4. The van der Waals surface area contributed by atoms with Crippen molar-refractivity contribution in [3.8, 4) is 0 Å². The number of carboxylic acids is 1. The Labute approximate surface area is 115 Å². The average Bonchev–Trinajstić information content (AvgIpc) is 2.25. The van der Waals surface area contributed by atoms with Crippen LogP contribution in [0.3, 0.4) is 0 Å². The van der Waals surface area contributed by atoms with Gasteiger partial charge in [-0.05, 0) is 38.6 Å². The van der Waals surface area contributed by atoms with Crippen molar-refractivity contribution in [2.24, 2.45) is 5.41 Å². The van der Waals surface area contributed by atoms with Crippen LogP contribution in [0.25, 0.3) is 0 Å². The van der Waals surface area contributed by atoms with E-state index in [4.69, 9.17) is 0 Å². The van der Waals surface area contributed by atoms with E-state index in [1.807, 2.05) is 33.2 Å². The van der Waals surface area contributed by atoms with Gasteiger partial charge in [0.15, 0.2) is 0 Å².